The van der Waals surface area contributed by atoms with E-state index in [1.54, 1.807) is 0 Å². The number of rotatable bonds is 1. The Hall–Kier alpha value is -0.580. The van der Waals surface area contributed by atoms with Crippen LogP contribution in [0.25, 0.3) is 0 Å². The zero-order valence-electron chi connectivity index (χ0n) is 3.82. The van der Waals surface area contributed by atoms with E-state index in [9.17, 15) is 4.39 Å². The van der Waals surface area contributed by atoms with Gasteiger partial charge < -0.3 is 0 Å². The molecule has 0 heterocycles. The number of nitriles is 1. The van der Waals surface area contributed by atoms with Crippen LogP contribution in [-0.2, 0) is 0 Å². The maximum Gasteiger partial charge on any atom is 0.246 e. The Kier molecular flexibility index (Phi) is 0.976. The molecule has 1 radical (unpaired) electrons. The van der Waals surface area contributed by atoms with E-state index in [0.717, 1.165) is 12.8 Å². The van der Waals surface area contributed by atoms with Crippen LogP contribution in [-0.4, -0.2) is 0 Å². The Morgan fingerprint density at radius 1 is 1.71 bits per heavy atom. The lowest BCUT2D eigenvalue weighted by Gasteiger charge is -1.83. The summed E-state index contributed by atoms with van der Waals surface area (Å²) >= 11 is 0. The second kappa shape index (κ2) is 1.49. The van der Waals surface area contributed by atoms with E-state index in [0.29, 0.717) is 0 Å². The van der Waals surface area contributed by atoms with Gasteiger partial charge in [0.1, 0.15) is 6.07 Å². The normalized spacial score (nSPS) is 19.6. The Bertz CT molecular complexity index is 101. The third-order valence-corrected chi connectivity index (χ3v) is 1.04. The van der Waals surface area contributed by atoms with Crippen LogP contribution in [0.1, 0.15) is 12.8 Å². The average molecular weight is 98.1 g/mol. The van der Waals surface area contributed by atoms with Crippen molar-refractivity contribution < 1.29 is 4.39 Å². The SMILES string of the molecule is N#C[C](F)C1CC1. The van der Waals surface area contributed by atoms with E-state index in [-0.39, 0.29) is 5.92 Å². The first kappa shape index (κ1) is 4.58. The topological polar surface area (TPSA) is 23.8 Å². The summed E-state index contributed by atoms with van der Waals surface area (Å²) in [7, 11) is 0. The Morgan fingerprint density at radius 2 is 2.29 bits per heavy atom. The molecule has 0 spiro atoms. The van der Waals surface area contributed by atoms with Gasteiger partial charge in [-0.3, -0.25) is 0 Å². The number of hydrogen-bond acceptors (Lipinski definition) is 1. The lowest BCUT2D eigenvalue weighted by Crippen LogP contribution is -1.83. The molecule has 0 aromatic heterocycles. The molecule has 0 bridgehead atoms. The molecule has 1 fully saturated rings. The molecule has 0 amide bonds. The molecule has 1 saturated carbocycles. The van der Waals surface area contributed by atoms with Gasteiger partial charge >= 0.3 is 0 Å². The quantitative estimate of drug-likeness (QED) is 0.486. The minimum atomic E-state index is -0.486. The van der Waals surface area contributed by atoms with Crippen LogP contribution in [0.5, 0.6) is 0 Å². The first-order valence-corrected chi connectivity index (χ1v) is 2.27. The Morgan fingerprint density at radius 3 is 2.43 bits per heavy atom. The van der Waals surface area contributed by atoms with Crippen molar-refractivity contribution in [2.24, 2.45) is 5.92 Å². The van der Waals surface area contributed by atoms with Crippen molar-refractivity contribution >= 4 is 0 Å². The molecule has 2 heteroatoms. The van der Waals surface area contributed by atoms with Gasteiger partial charge in [0, 0.05) is 5.92 Å². The van der Waals surface area contributed by atoms with Crippen molar-refractivity contribution in [2.75, 3.05) is 0 Å². The standard InChI is InChI=1S/C5H5FN/c6-5(3-7)4-1-2-4/h4H,1-2H2. The summed E-state index contributed by atoms with van der Waals surface area (Å²) in [6, 6.07) is 1.48. The van der Waals surface area contributed by atoms with Crippen molar-refractivity contribution in [1.82, 2.24) is 0 Å². The highest BCUT2D eigenvalue weighted by Crippen LogP contribution is 2.38. The lowest BCUT2D eigenvalue weighted by atomic mass is 10.3. The number of nitrogens with zero attached hydrogens (tertiary/aromatic N) is 1. The van der Waals surface area contributed by atoms with E-state index >= 15 is 0 Å². The van der Waals surface area contributed by atoms with Crippen molar-refractivity contribution in [2.45, 2.75) is 12.8 Å². The highest BCUT2D eigenvalue weighted by atomic mass is 19.1. The fourth-order valence-electron chi connectivity index (χ4n) is 0.428. The molecule has 0 saturated heterocycles. The monoisotopic (exact) mass is 98.0 g/mol. The highest BCUT2D eigenvalue weighted by molar-refractivity contribution is 5.10. The minimum absolute atomic E-state index is 0.00463. The van der Waals surface area contributed by atoms with Gasteiger partial charge in [0.15, 0.2) is 0 Å². The Labute approximate surface area is 41.8 Å². The van der Waals surface area contributed by atoms with Crippen molar-refractivity contribution in [3.05, 3.63) is 6.17 Å². The van der Waals surface area contributed by atoms with Gasteiger partial charge in [-0.2, -0.15) is 5.26 Å². The molecule has 0 N–H and O–H groups in total. The van der Waals surface area contributed by atoms with Crippen LogP contribution in [0, 0.1) is 23.4 Å². The van der Waals surface area contributed by atoms with Crippen LogP contribution in [0.15, 0.2) is 0 Å². The smallest absolute Gasteiger partial charge is 0.222 e. The van der Waals surface area contributed by atoms with Crippen LogP contribution >= 0.6 is 0 Å². The molecule has 0 unspecified atom stereocenters. The van der Waals surface area contributed by atoms with Gasteiger partial charge in [-0.15, -0.1) is 0 Å². The molecule has 0 aliphatic heterocycles. The summed E-state index contributed by atoms with van der Waals surface area (Å²) in [5, 5.41) is 7.88. The zero-order chi connectivity index (χ0) is 5.28. The van der Waals surface area contributed by atoms with Crippen LogP contribution in [0.2, 0.25) is 0 Å². The molecule has 1 rings (SSSR count). The second-order valence-electron chi connectivity index (χ2n) is 1.73. The van der Waals surface area contributed by atoms with Crippen molar-refractivity contribution in [3.63, 3.8) is 0 Å². The zero-order valence-corrected chi connectivity index (χ0v) is 3.82. The predicted octanol–water partition coefficient (Wildman–Crippen LogP) is 1.42. The third-order valence-electron chi connectivity index (χ3n) is 1.04. The maximum absolute atomic E-state index is 11.9. The van der Waals surface area contributed by atoms with Crippen LogP contribution < -0.4 is 0 Å². The van der Waals surface area contributed by atoms with E-state index in [2.05, 4.69) is 0 Å². The highest BCUT2D eigenvalue weighted by Gasteiger charge is 2.32. The van der Waals surface area contributed by atoms with Gasteiger partial charge in [0.05, 0.1) is 0 Å². The second-order valence-corrected chi connectivity index (χ2v) is 1.73. The summed E-state index contributed by atoms with van der Waals surface area (Å²) in [5.41, 5.74) is 0. The summed E-state index contributed by atoms with van der Waals surface area (Å²) in [5.74, 6) is 0.00463. The Balaban J connectivity index is 2.27. The lowest BCUT2D eigenvalue weighted by molar-refractivity contribution is 0.498. The minimum Gasteiger partial charge on any atom is -0.222 e. The van der Waals surface area contributed by atoms with E-state index in [1.165, 1.54) is 6.07 Å². The first-order chi connectivity index (χ1) is 3.34. The largest absolute Gasteiger partial charge is 0.246 e. The van der Waals surface area contributed by atoms with E-state index in [1.807, 2.05) is 0 Å². The fraction of sp³-hybridized carbons (Fsp3) is 0.600. The molecule has 37 valence electrons. The average Bonchev–Trinajstić information content (AvgIpc) is 2.44. The van der Waals surface area contributed by atoms with Gasteiger partial charge in [-0.1, -0.05) is 0 Å². The first-order valence-electron chi connectivity index (χ1n) is 2.27. The summed E-state index contributed by atoms with van der Waals surface area (Å²) in [4.78, 5) is 0. The summed E-state index contributed by atoms with van der Waals surface area (Å²) in [6.45, 7) is 0. The van der Waals surface area contributed by atoms with E-state index in [4.69, 9.17) is 5.26 Å². The third kappa shape index (κ3) is 0.894. The molecule has 0 atom stereocenters. The van der Waals surface area contributed by atoms with Crippen LogP contribution in [0.4, 0.5) is 4.39 Å². The molecule has 1 aliphatic rings. The summed E-state index contributed by atoms with van der Waals surface area (Å²) in [6.07, 6.45) is 1.26. The van der Waals surface area contributed by atoms with Crippen LogP contribution in [0.3, 0.4) is 0 Å². The number of hydrogen-bond donors (Lipinski definition) is 0. The van der Waals surface area contributed by atoms with E-state index < -0.39 is 6.17 Å². The maximum atomic E-state index is 11.9. The van der Waals surface area contributed by atoms with Crippen molar-refractivity contribution in [1.29, 1.82) is 5.26 Å². The summed E-state index contributed by atoms with van der Waals surface area (Å²) < 4.78 is 11.9. The molecular formula is C5H5FN. The molecular weight excluding hydrogens is 93.1 g/mol. The molecule has 1 aliphatic carbocycles. The van der Waals surface area contributed by atoms with Gasteiger partial charge in [0.25, 0.3) is 0 Å². The molecule has 0 aromatic carbocycles. The van der Waals surface area contributed by atoms with Gasteiger partial charge in [-0.25, -0.2) is 4.39 Å². The molecule has 0 aromatic rings. The molecule has 1 nitrogen and oxygen atoms in total. The van der Waals surface area contributed by atoms with Gasteiger partial charge in [-0.05, 0) is 12.8 Å². The van der Waals surface area contributed by atoms with Gasteiger partial charge in [0.2, 0.25) is 6.17 Å². The predicted molar refractivity (Wildman–Crippen MR) is 22.7 cm³/mol. The molecule has 7 heavy (non-hydrogen) atoms. The fourth-order valence-corrected chi connectivity index (χ4v) is 0.428. The number of halogens is 1. The van der Waals surface area contributed by atoms with Crippen molar-refractivity contribution in [3.8, 4) is 6.07 Å².